The standard InChI is InChI=1S/C26H42NO4/c1-16-7-24-23(6-5-18(3)26(24,30)11-25(16)31-19(4)29)17(2)12-27-13-20-8-21(14-27)10-22(9-20)15-28/h7,11,17-18,20-25,28,30H,5-6,8-10,12-15H2,1-4H3/t17?,18-,20?,21?,22?,23+,24-,25-,26-/m1/s1. The SMILES string of the molecule is CC(=O)O[C@@H]1[CH][C@@]2(O)[C@H](C)CC[C@@H](C(C)CN3CC4CC(CO)CC(C4)C3)[C@H]2C=C1C. The number of likely N-dealkylation sites (tertiary alicyclic amines) is 1. The van der Waals surface area contributed by atoms with Crippen molar-refractivity contribution in [2.24, 2.45) is 41.4 Å². The molecule has 1 saturated heterocycles. The van der Waals surface area contributed by atoms with Crippen molar-refractivity contribution in [3.8, 4) is 0 Å². The van der Waals surface area contributed by atoms with Gasteiger partial charge in [-0.1, -0.05) is 19.9 Å². The van der Waals surface area contributed by atoms with E-state index in [1.54, 1.807) is 0 Å². The zero-order valence-corrected chi connectivity index (χ0v) is 19.8. The maximum absolute atomic E-state index is 11.7. The fourth-order valence-corrected chi connectivity index (χ4v) is 7.40. The lowest BCUT2D eigenvalue weighted by Crippen LogP contribution is -2.57. The minimum absolute atomic E-state index is 0.0844. The molecule has 8 atom stereocenters. The summed E-state index contributed by atoms with van der Waals surface area (Å²) in [7, 11) is 0. The van der Waals surface area contributed by atoms with E-state index in [9.17, 15) is 15.0 Å². The van der Waals surface area contributed by atoms with E-state index in [1.165, 1.54) is 26.2 Å². The Morgan fingerprint density at radius 2 is 1.94 bits per heavy atom. The number of nitrogens with zero attached hydrogens (tertiary/aromatic N) is 1. The minimum Gasteiger partial charge on any atom is -0.458 e. The highest BCUT2D eigenvalue weighted by Gasteiger charge is 2.53. The number of hydrogen-bond acceptors (Lipinski definition) is 5. The average Bonchev–Trinajstić information content (AvgIpc) is 2.69. The molecule has 31 heavy (non-hydrogen) atoms. The number of ether oxygens (including phenoxy) is 1. The zero-order chi connectivity index (χ0) is 22.3. The average molecular weight is 433 g/mol. The van der Waals surface area contributed by atoms with Gasteiger partial charge in [0.1, 0.15) is 6.10 Å². The molecule has 175 valence electrons. The number of fused-ring (bicyclic) bond motifs is 3. The van der Waals surface area contributed by atoms with Crippen molar-refractivity contribution < 1.29 is 19.7 Å². The van der Waals surface area contributed by atoms with Gasteiger partial charge >= 0.3 is 5.97 Å². The fraction of sp³-hybridized carbons (Fsp3) is 0.846. The Labute approximate surface area is 188 Å². The van der Waals surface area contributed by atoms with Crippen LogP contribution in [0.15, 0.2) is 11.6 Å². The maximum atomic E-state index is 11.7. The van der Waals surface area contributed by atoms with E-state index in [0.29, 0.717) is 24.4 Å². The van der Waals surface area contributed by atoms with Crippen molar-refractivity contribution in [2.45, 2.75) is 71.5 Å². The molecule has 0 spiro atoms. The molecule has 2 saturated carbocycles. The number of carbonyl (C=O) groups is 1. The van der Waals surface area contributed by atoms with Crippen LogP contribution in [0.5, 0.6) is 0 Å². The van der Waals surface area contributed by atoms with Crippen molar-refractivity contribution in [1.82, 2.24) is 4.90 Å². The van der Waals surface area contributed by atoms with E-state index in [1.807, 2.05) is 13.3 Å². The fourth-order valence-electron chi connectivity index (χ4n) is 7.40. The van der Waals surface area contributed by atoms with E-state index in [-0.39, 0.29) is 17.8 Å². The van der Waals surface area contributed by atoms with Crippen LogP contribution in [0.25, 0.3) is 0 Å². The number of aliphatic hydroxyl groups excluding tert-OH is 1. The first-order chi connectivity index (χ1) is 14.7. The number of rotatable bonds is 5. The summed E-state index contributed by atoms with van der Waals surface area (Å²) >= 11 is 0. The Kier molecular flexibility index (Phi) is 6.86. The summed E-state index contributed by atoms with van der Waals surface area (Å²) in [6.45, 7) is 11.7. The molecular formula is C26H42NO4. The highest BCUT2D eigenvalue weighted by molar-refractivity contribution is 5.66. The largest absolute Gasteiger partial charge is 0.458 e. The molecule has 2 N–H and O–H groups in total. The van der Waals surface area contributed by atoms with Gasteiger partial charge in [0.2, 0.25) is 0 Å². The third-order valence-corrected chi connectivity index (χ3v) is 8.89. The molecule has 0 amide bonds. The maximum Gasteiger partial charge on any atom is 0.303 e. The van der Waals surface area contributed by atoms with Crippen LogP contribution in [-0.2, 0) is 9.53 Å². The molecule has 3 fully saturated rings. The first-order valence-corrected chi connectivity index (χ1v) is 12.5. The van der Waals surface area contributed by atoms with Crippen LogP contribution in [0.4, 0.5) is 0 Å². The summed E-state index contributed by atoms with van der Waals surface area (Å²) in [5.41, 5.74) is 0.127. The van der Waals surface area contributed by atoms with Gasteiger partial charge in [0.15, 0.2) is 0 Å². The number of hydrogen-bond donors (Lipinski definition) is 2. The van der Waals surface area contributed by atoms with E-state index in [0.717, 1.165) is 49.9 Å². The highest BCUT2D eigenvalue weighted by atomic mass is 16.5. The van der Waals surface area contributed by atoms with Gasteiger partial charge in [0.05, 0.1) is 5.60 Å². The zero-order valence-electron chi connectivity index (χ0n) is 19.8. The van der Waals surface area contributed by atoms with Gasteiger partial charge < -0.3 is 19.8 Å². The summed E-state index contributed by atoms with van der Waals surface area (Å²) in [6.07, 6.45) is 9.53. The normalized spacial score (nSPS) is 44.2. The Morgan fingerprint density at radius 1 is 1.26 bits per heavy atom. The van der Waals surface area contributed by atoms with Crippen LogP contribution in [-0.4, -0.2) is 59.0 Å². The smallest absolute Gasteiger partial charge is 0.303 e. The molecule has 2 bridgehead atoms. The summed E-state index contributed by atoms with van der Waals surface area (Å²) in [4.78, 5) is 14.2. The second kappa shape index (κ2) is 9.15. The van der Waals surface area contributed by atoms with E-state index >= 15 is 0 Å². The summed E-state index contributed by atoms with van der Waals surface area (Å²) in [5.74, 6) is 2.84. The van der Waals surface area contributed by atoms with Crippen LogP contribution in [0, 0.1) is 47.8 Å². The lowest BCUT2D eigenvalue weighted by molar-refractivity contribution is -0.148. The predicted octanol–water partition coefficient (Wildman–Crippen LogP) is 3.45. The monoisotopic (exact) mass is 432 g/mol. The number of piperidine rings is 1. The van der Waals surface area contributed by atoms with E-state index in [4.69, 9.17) is 4.74 Å². The van der Waals surface area contributed by atoms with Crippen LogP contribution in [0.1, 0.15) is 59.8 Å². The molecule has 3 aliphatic carbocycles. The van der Waals surface area contributed by atoms with E-state index < -0.39 is 11.7 Å². The molecule has 4 rings (SSSR count). The van der Waals surface area contributed by atoms with Crippen molar-refractivity contribution in [2.75, 3.05) is 26.2 Å². The van der Waals surface area contributed by atoms with Gasteiger partial charge in [0, 0.05) is 45.5 Å². The molecule has 4 aliphatic rings. The molecule has 0 aromatic carbocycles. The number of aliphatic hydroxyl groups is 2. The third-order valence-electron chi connectivity index (χ3n) is 8.89. The molecule has 1 aliphatic heterocycles. The lowest BCUT2D eigenvalue weighted by Gasteiger charge is -2.53. The Morgan fingerprint density at radius 3 is 2.55 bits per heavy atom. The molecule has 5 heteroatoms. The first kappa shape index (κ1) is 23.3. The molecular weight excluding hydrogens is 390 g/mol. The minimum atomic E-state index is -0.913. The molecule has 5 nitrogen and oxygen atoms in total. The van der Waals surface area contributed by atoms with Crippen molar-refractivity contribution >= 4 is 5.97 Å². The molecule has 1 radical (unpaired) electrons. The van der Waals surface area contributed by atoms with Crippen LogP contribution < -0.4 is 0 Å². The second-order valence-electron chi connectivity index (χ2n) is 11.3. The van der Waals surface area contributed by atoms with Gasteiger partial charge in [-0.25, -0.2) is 0 Å². The number of carbonyl (C=O) groups excluding carboxylic acids is 1. The van der Waals surface area contributed by atoms with Gasteiger partial charge in [-0.2, -0.15) is 0 Å². The quantitative estimate of drug-likeness (QED) is 0.514. The topological polar surface area (TPSA) is 70.0 Å². The van der Waals surface area contributed by atoms with Gasteiger partial charge in [-0.15, -0.1) is 0 Å². The van der Waals surface area contributed by atoms with E-state index in [2.05, 4.69) is 24.8 Å². The van der Waals surface area contributed by atoms with Crippen molar-refractivity contribution in [3.05, 3.63) is 18.1 Å². The first-order valence-electron chi connectivity index (χ1n) is 12.5. The third kappa shape index (κ3) is 4.74. The lowest BCUT2D eigenvalue weighted by atomic mass is 9.57. The van der Waals surface area contributed by atoms with Crippen LogP contribution in [0.3, 0.4) is 0 Å². The summed E-state index contributed by atoms with van der Waals surface area (Å²) < 4.78 is 5.49. The molecule has 0 aromatic heterocycles. The van der Waals surface area contributed by atoms with Gasteiger partial charge in [-0.05, 0) is 80.1 Å². The summed E-state index contributed by atoms with van der Waals surface area (Å²) in [5, 5.41) is 21.3. The Balaban J connectivity index is 1.45. The van der Waals surface area contributed by atoms with Gasteiger partial charge in [-0.3, -0.25) is 4.79 Å². The number of esters is 1. The highest BCUT2D eigenvalue weighted by Crippen LogP contribution is 2.51. The van der Waals surface area contributed by atoms with Crippen LogP contribution in [0.2, 0.25) is 0 Å². The second-order valence-corrected chi connectivity index (χ2v) is 11.3. The molecule has 1 heterocycles. The van der Waals surface area contributed by atoms with Gasteiger partial charge in [0.25, 0.3) is 0 Å². The molecule has 0 aromatic rings. The predicted molar refractivity (Wildman–Crippen MR) is 121 cm³/mol. The van der Waals surface area contributed by atoms with Crippen LogP contribution >= 0.6 is 0 Å². The van der Waals surface area contributed by atoms with Crippen molar-refractivity contribution in [3.63, 3.8) is 0 Å². The Bertz CT molecular complexity index is 679. The van der Waals surface area contributed by atoms with Crippen molar-refractivity contribution in [1.29, 1.82) is 0 Å². The Hall–Kier alpha value is -0.910. The molecule has 3 unspecified atom stereocenters. The summed E-state index contributed by atoms with van der Waals surface area (Å²) in [6, 6.07) is 0.